The SMILES string of the molecule is C=C1Oc2cc(/C(=C/C)NC)cc3c2N(CC3)/C1=C/C(=C)c1cnc(CN(CCC)C(=O)OC(C)(C)C)[nH]1.CC. The maximum absolute atomic E-state index is 12.7. The van der Waals surface area contributed by atoms with Gasteiger partial charge in [-0.15, -0.1) is 0 Å². The molecule has 8 nitrogen and oxygen atoms in total. The number of rotatable bonds is 8. The van der Waals surface area contributed by atoms with Gasteiger partial charge in [-0.05, 0) is 69.9 Å². The number of ether oxygens (including phenoxy) is 2. The lowest BCUT2D eigenvalue weighted by atomic mass is 10.0. The summed E-state index contributed by atoms with van der Waals surface area (Å²) < 4.78 is 11.8. The highest BCUT2D eigenvalue weighted by Gasteiger charge is 2.33. The first-order chi connectivity index (χ1) is 19.0. The Morgan fingerprint density at radius 2 is 2.05 bits per heavy atom. The van der Waals surface area contributed by atoms with E-state index in [9.17, 15) is 4.79 Å². The van der Waals surface area contributed by atoms with Gasteiger partial charge < -0.3 is 29.6 Å². The van der Waals surface area contributed by atoms with Gasteiger partial charge in [0, 0.05) is 31.4 Å². The Bertz CT molecular complexity index is 1310. The Labute approximate surface area is 239 Å². The third-order valence-electron chi connectivity index (χ3n) is 6.48. The molecule has 0 bridgehead atoms. The number of nitrogens with one attached hydrogen (secondary N) is 2. The Hall–Kier alpha value is -3.94. The topological polar surface area (TPSA) is 82.7 Å². The number of allylic oxidation sites excluding steroid dienone is 3. The zero-order valence-corrected chi connectivity index (χ0v) is 25.4. The van der Waals surface area contributed by atoms with Crippen molar-refractivity contribution in [1.82, 2.24) is 20.2 Å². The van der Waals surface area contributed by atoms with Crippen LogP contribution in [0.4, 0.5) is 10.5 Å². The van der Waals surface area contributed by atoms with Crippen LogP contribution >= 0.6 is 0 Å². The van der Waals surface area contributed by atoms with Gasteiger partial charge in [-0.2, -0.15) is 0 Å². The van der Waals surface area contributed by atoms with Gasteiger partial charge in [0.1, 0.15) is 17.2 Å². The molecule has 216 valence electrons. The van der Waals surface area contributed by atoms with Crippen molar-refractivity contribution in [1.29, 1.82) is 0 Å². The molecule has 1 aromatic heterocycles. The van der Waals surface area contributed by atoms with Gasteiger partial charge in [0.15, 0.2) is 5.75 Å². The van der Waals surface area contributed by atoms with Crippen molar-refractivity contribution in [3.05, 3.63) is 77.7 Å². The summed E-state index contributed by atoms with van der Waals surface area (Å²) in [7, 11) is 1.92. The number of aromatic nitrogens is 2. The molecule has 0 radical (unpaired) electrons. The second kappa shape index (κ2) is 12.9. The second-order valence-electron chi connectivity index (χ2n) is 10.6. The third-order valence-corrected chi connectivity index (χ3v) is 6.48. The first-order valence-corrected chi connectivity index (χ1v) is 14.1. The highest BCUT2D eigenvalue weighted by Crippen LogP contribution is 2.47. The minimum Gasteiger partial charge on any atom is -0.454 e. The largest absolute Gasteiger partial charge is 0.454 e. The van der Waals surface area contributed by atoms with Gasteiger partial charge in [0.05, 0.1) is 29.8 Å². The number of H-pyrrole nitrogens is 1. The van der Waals surface area contributed by atoms with Gasteiger partial charge >= 0.3 is 6.09 Å². The number of hydrogen-bond acceptors (Lipinski definition) is 6. The minimum absolute atomic E-state index is 0.328. The van der Waals surface area contributed by atoms with Gasteiger partial charge in [0.25, 0.3) is 0 Å². The Balaban J connectivity index is 0.00000216. The van der Waals surface area contributed by atoms with Gasteiger partial charge in [-0.25, -0.2) is 9.78 Å². The summed E-state index contributed by atoms with van der Waals surface area (Å²) in [5, 5.41) is 3.25. The minimum atomic E-state index is -0.556. The van der Waals surface area contributed by atoms with Crippen LogP contribution < -0.4 is 15.0 Å². The summed E-state index contributed by atoms with van der Waals surface area (Å²) in [6, 6.07) is 4.29. The van der Waals surface area contributed by atoms with E-state index in [1.165, 1.54) is 5.56 Å². The van der Waals surface area contributed by atoms with Crippen molar-refractivity contribution >= 4 is 23.1 Å². The summed E-state index contributed by atoms with van der Waals surface area (Å²) in [6.45, 7) is 23.9. The van der Waals surface area contributed by atoms with E-state index in [4.69, 9.17) is 9.47 Å². The fraction of sp³-hybridized carbons (Fsp3) is 0.438. The fourth-order valence-corrected chi connectivity index (χ4v) is 4.79. The predicted molar refractivity (Wildman–Crippen MR) is 164 cm³/mol. The molecule has 8 heteroatoms. The zero-order chi connectivity index (χ0) is 29.6. The summed E-state index contributed by atoms with van der Waals surface area (Å²) in [5.41, 5.74) is 6.35. The first kappa shape index (κ1) is 30.6. The lowest BCUT2D eigenvalue weighted by Gasteiger charge is -2.32. The molecule has 0 atom stereocenters. The van der Waals surface area contributed by atoms with Crippen LogP contribution in [-0.2, 0) is 17.7 Å². The van der Waals surface area contributed by atoms with E-state index in [0.29, 0.717) is 24.7 Å². The van der Waals surface area contributed by atoms with E-state index in [1.54, 1.807) is 11.1 Å². The van der Waals surface area contributed by atoms with Gasteiger partial charge in [-0.3, -0.25) is 0 Å². The summed E-state index contributed by atoms with van der Waals surface area (Å²) in [5.74, 6) is 2.07. The molecule has 0 unspecified atom stereocenters. The quantitative estimate of drug-likeness (QED) is 0.369. The molecule has 2 N–H and O–H groups in total. The van der Waals surface area contributed by atoms with E-state index in [0.717, 1.165) is 59.0 Å². The smallest absolute Gasteiger partial charge is 0.410 e. The molecule has 0 aliphatic carbocycles. The van der Waals surface area contributed by atoms with Crippen molar-refractivity contribution in [3.8, 4) is 5.75 Å². The third kappa shape index (κ3) is 6.79. The van der Waals surface area contributed by atoms with Gasteiger partial charge in [-0.1, -0.05) is 40.0 Å². The van der Waals surface area contributed by atoms with Crippen molar-refractivity contribution in [2.24, 2.45) is 0 Å². The number of hydrogen-bond donors (Lipinski definition) is 2. The van der Waals surface area contributed by atoms with Gasteiger partial charge in [0.2, 0.25) is 0 Å². The van der Waals surface area contributed by atoms with Crippen LogP contribution in [-0.4, -0.2) is 46.7 Å². The van der Waals surface area contributed by atoms with E-state index >= 15 is 0 Å². The van der Waals surface area contributed by atoms with Crippen molar-refractivity contribution in [2.75, 3.05) is 25.0 Å². The molecule has 40 heavy (non-hydrogen) atoms. The maximum atomic E-state index is 12.7. The number of nitrogens with zero attached hydrogens (tertiary/aromatic N) is 3. The van der Waals surface area contributed by atoms with Crippen LogP contribution in [0.15, 0.2) is 55.1 Å². The number of anilines is 1. The number of aromatic amines is 1. The Kier molecular flexibility index (Phi) is 9.90. The molecule has 0 spiro atoms. The fourth-order valence-electron chi connectivity index (χ4n) is 4.79. The number of carbonyl (C=O) groups excluding carboxylic acids is 1. The highest BCUT2D eigenvalue weighted by molar-refractivity contribution is 5.82. The molecule has 2 aliphatic rings. The molecule has 0 saturated carbocycles. The van der Waals surface area contributed by atoms with E-state index in [1.807, 2.05) is 61.6 Å². The molecular formula is C32H45N5O3. The standard InChI is InChI=1S/C30H39N5O3.C2H6/c1-9-12-34(29(36)38-30(5,6)7)18-27-32-17-24(33-27)19(3)14-25-20(4)37-26-16-22(23(10-2)31-8)15-21-11-13-35(25)28(21)26;1-2/h10,14-17,31H,3-4,9,11-13,18H2,1-2,5-8H3,(H,32,33);1-2H3/b23-10-,25-14+;. The first-order valence-electron chi connectivity index (χ1n) is 14.1. The molecule has 0 fully saturated rings. The molecule has 2 aliphatic heterocycles. The maximum Gasteiger partial charge on any atom is 0.410 e. The molecule has 1 amide bonds. The number of imidazole rings is 1. The number of carbonyl (C=O) groups is 1. The van der Waals surface area contributed by atoms with E-state index in [2.05, 4.69) is 51.6 Å². The van der Waals surface area contributed by atoms with Crippen LogP contribution in [0, 0.1) is 0 Å². The normalized spacial score (nSPS) is 15.2. The number of amides is 1. The summed E-state index contributed by atoms with van der Waals surface area (Å²) in [6.07, 6.45) is 7.17. The van der Waals surface area contributed by atoms with E-state index < -0.39 is 5.60 Å². The van der Waals surface area contributed by atoms with Crippen LogP contribution in [0.3, 0.4) is 0 Å². The van der Waals surface area contributed by atoms with Crippen molar-refractivity contribution < 1.29 is 14.3 Å². The van der Waals surface area contributed by atoms with Crippen molar-refractivity contribution in [3.63, 3.8) is 0 Å². The Morgan fingerprint density at radius 3 is 2.67 bits per heavy atom. The lowest BCUT2D eigenvalue weighted by molar-refractivity contribution is 0.0229. The van der Waals surface area contributed by atoms with Crippen LogP contribution in [0.2, 0.25) is 0 Å². The summed E-state index contributed by atoms with van der Waals surface area (Å²) >= 11 is 0. The average molecular weight is 548 g/mol. The predicted octanol–water partition coefficient (Wildman–Crippen LogP) is 7.03. The molecule has 2 aromatic rings. The molecule has 1 aromatic carbocycles. The Morgan fingerprint density at radius 1 is 1.32 bits per heavy atom. The molecule has 4 rings (SSSR count). The zero-order valence-electron chi connectivity index (χ0n) is 25.4. The monoisotopic (exact) mass is 547 g/mol. The van der Waals surface area contributed by atoms with Crippen LogP contribution in [0.25, 0.3) is 11.3 Å². The van der Waals surface area contributed by atoms with E-state index in [-0.39, 0.29) is 6.09 Å². The number of benzene rings is 1. The molecule has 0 saturated heterocycles. The summed E-state index contributed by atoms with van der Waals surface area (Å²) in [4.78, 5) is 24.4. The van der Waals surface area contributed by atoms with Crippen LogP contribution in [0.1, 0.15) is 77.5 Å². The second-order valence-corrected chi connectivity index (χ2v) is 10.6. The van der Waals surface area contributed by atoms with Crippen LogP contribution in [0.5, 0.6) is 5.75 Å². The molecule has 3 heterocycles. The molecular weight excluding hydrogens is 502 g/mol. The lowest BCUT2D eigenvalue weighted by Crippen LogP contribution is -2.37. The van der Waals surface area contributed by atoms with Crippen molar-refractivity contribution in [2.45, 2.75) is 73.5 Å². The average Bonchev–Trinajstić information content (AvgIpc) is 3.55. The highest BCUT2D eigenvalue weighted by atomic mass is 16.6.